The van der Waals surface area contributed by atoms with Crippen molar-refractivity contribution >= 4 is 36.2 Å². The molecule has 3 amide bonds. The van der Waals surface area contributed by atoms with Crippen LogP contribution in [-0.4, -0.2) is 106 Å². The van der Waals surface area contributed by atoms with E-state index in [-0.39, 0.29) is 63.7 Å². The highest BCUT2D eigenvalue weighted by molar-refractivity contribution is 5.97. The van der Waals surface area contributed by atoms with Crippen LogP contribution in [0.2, 0.25) is 0 Å². The Morgan fingerprint density at radius 2 is 1.55 bits per heavy atom. The molecule has 4 N–H and O–H groups in total. The second-order valence-electron chi connectivity index (χ2n) is 10.6. The molecule has 1 aromatic heterocycles. The number of carbonyl (C=O) groups is 5. The maximum Gasteiger partial charge on any atom is 0.409 e. The van der Waals surface area contributed by atoms with E-state index in [1.807, 2.05) is 60.7 Å². The van der Waals surface area contributed by atoms with Crippen molar-refractivity contribution in [2.45, 2.75) is 38.6 Å². The third-order valence-electron chi connectivity index (χ3n) is 7.32. The van der Waals surface area contributed by atoms with Crippen molar-refractivity contribution in [3.8, 4) is 11.4 Å². The number of hydrogen-bond acceptors (Lipinski definition) is 9. The lowest BCUT2D eigenvalue weighted by Crippen LogP contribution is -2.56. The molecule has 3 aromatic rings. The lowest BCUT2D eigenvalue weighted by Gasteiger charge is -2.35. The first-order valence-corrected chi connectivity index (χ1v) is 15.2. The minimum atomic E-state index is -1.10. The van der Waals surface area contributed by atoms with Crippen molar-refractivity contribution in [3.63, 3.8) is 0 Å². The number of aliphatic carboxylic acids is 1. The maximum atomic E-state index is 13.6. The molecule has 250 valence electrons. The van der Waals surface area contributed by atoms with Crippen LogP contribution in [0.25, 0.3) is 11.4 Å². The Labute approximate surface area is 272 Å². The number of carboxylic acids is 1. The van der Waals surface area contributed by atoms with Crippen molar-refractivity contribution in [3.05, 3.63) is 78.0 Å². The summed E-state index contributed by atoms with van der Waals surface area (Å²) in [6.07, 6.45) is -0.868. The predicted octanol–water partition coefficient (Wildman–Crippen LogP) is 3.32. The van der Waals surface area contributed by atoms with Crippen LogP contribution in [0.15, 0.2) is 66.7 Å². The summed E-state index contributed by atoms with van der Waals surface area (Å²) in [5.74, 6) is -1.21. The molecule has 0 bridgehead atoms. The Bertz CT molecular complexity index is 1480. The fraction of sp³-hybridized carbons (Fsp3) is 0.364. The van der Waals surface area contributed by atoms with Crippen LogP contribution < -0.4 is 10.6 Å². The molecule has 2 heterocycles. The molecular weight excluding hydrogens is 608 g/mol. The molecule has 14 nitrogen and oxygen atoms in total. The van der Waals surface area contributed by atoms with E-state index in [1.165, 1.54) is 15.9 Å². The fourth-order valence-electron chi connectivity index (χ4n) is 4.83. The van der Waals surface area contributed by atoms with E-state index in [0.29, 0.717) is 23.8 Å². The van der Waals surface area contributed by atoms with E-state index in [2.05, 4.69) is 27.5 Å². The molecule has 0 aliphatic carbocycles. The van der Waals surface area contributed by atoms with Crippen LogP contribution in [0.4, 0.5) is 10.6 Å². The molecule has 2 atom stereocenters. The number of carboxylic acid groups (broad SMARTS) is 2. The number of ether oxygens (including phenoxy) is 1. The summed E-state index contributed by atoms with van der Waals surface area (Å²) >= 11 is 0. The molecule has 1 saturated heterocycles. The summed E-state index contributed by atoms with van der Waals surface area (Å²) in [6.45, 7) is 5.36. The van der Waals surface area contributed by atoms with E-state index in [4.69, 9.17) is 14.6 Å². The number of piperazine rings is 1. The predicted molar refractivity (Wildman–Crippen MR) is 173 cm³/mol. The normalized spacial score (nSPS) is 13.7. The van der Waals surface area contributed by atoms with Gasteiger partial charge in [0.1, 0.15) is 17.6 Å². The molecule has 1 unspecified atom stereocenters. The van der Waals surface area contributed by atoms with E-state index in [9.17, 15) is 24.3 Å². The average molecular weight is 649 g/mol. The van der Waals surface area contributed by atoms with Crippen LogP contribution in [0.3, 0.4) is 0 Å². The van der Waals surface area contributed by atoms with E-state index < -0.39 is 29.9 Å². The molecule has 1 aliphatic rings. The third kappa shape index (κ3) is 11.1. The summed E-state index contributed by atoms with van der Waals surface area (Å²) in [5.41, 5.74) is 1.89. The number of anilines is 1. The Morgan fingerprint density at radius 1 is 0.957 bits per heavy atom. The number of nitrogens with zero attached hydrogens (tertiary/aromatic N) is 4. The average Bonchev–Trinajstić information content (AvgIpc) is 3.09. The quantitative estimate of drug-likeness (QED) is 0.211. The number of hydrogen-bond donors (Lipinski definition) is 4. The highest BCUT2D eigenvalue weighted by atomic mass is 16.6. The zero-order valence-electron chi connectivity index (χ0n) is 26.4. The highest BCUT2D eigenvalue weighted by Gasteiger charge is 2.31. The van der Waals surface area contributed by atoms with Gasteiger partial charge in [-0.1, -0.05) is 67.6 Å². The number of aromatic nitrogens is 2. The van der Waals surface area contributed by atoms with Gasteiger partial charge in [-0.05, 0) is 24.8 Å². The van der Waals surface area contributed by atoms with Crippen LogP contribution >= 0.6 is 0 Å². The molecular formula is C33H40N6O8. The van der Waals surface area contributed by atoms with Gasteiger partial charge in [0.15, 0.2) is 5.82 Å². The van der Waals surface area contributed by atoms with Gasteiger partial charge in [-0.3, -0.25) is 19.2 Å². The molecule has 4 rings (SSSR count). The van der Waals surface area contributed by atoms with Crippen molar-refractivity contribution in [1.29, 1.82) is 0 Å². The zero-order valence-corrected chi connectivity index (χ0v) is 26.4. The van der Waals surface area contributed by atoms with Gasteiger partial charge in [0, 0.05) is 50.8 Å². The SMILES string of the molecule is CCOC(=O)N1CCN(C(=O)[C@H](CCC(=O)O)NC(=O)c2cc(NCC(C)c3ccccc3)nc(-c3ccccc3)n2)CC1.O=CO. The van der Waals surface area contributed by atoms with Gasteiger partial charge in [0.2, 0.25) is 5.91 Å². The van der Waals surface area contributed by atoms with Crippen LogP contribution in [-0.2, 0) is 19.1 Å². The van der Waals surface area contributed by atoms with Gasteiger partial charge >= 0.3 is 12.1 Å². The monoisotopic (exact) mass is 648 g/mol. The second kappa shape index (κ2) is 18.4. The number of carbonyl (C=O) groups excluding carboxylic acids is 3. The zero-order chi connectivity index (χ0) is 34.2. The summed E-state index contributed by atoms with van der Waals surface area (Å²) < 4.78 is 5.04. The first-order valence-electron chi connectivity index (χ1n) is 15.2. The van der Waals surface area contributed by atoms with E-state index in [0.717, 1.165) is 5.56 Å². The lowest BCUT2D eigenvalue weighted by molar-refractivity contribution is -0.138. The summed E-state index contributed by atoms with van der Waals surface area (Å²) in [4.78, 5) is 71.0. The standard InChI is InChI=1S/C32H38N6O6.CH2O2/c1-3-44-32(43)38-18-16-37(17-19-38)31(42)25(14-15-28(39)40)35-30(41)26-20-27(33-21-22(2)23-10-6-4-7-11-23)36-29(34-26)24-12-8-5-9-13-24;2-1-3/h4-13,20,22,25H,3,14-19,21H2,1-2H3,(H,35,41)(H,39,40)(H,33,34,36);1H,(H,2,3)/t22?,25-;/m0./s1. The molecule has 0 radical (unpaired) electrons. The van der Waals surface area contributed by atoms with Gasteiger partial charge in [0.05, 0.1) is 6.61 Å². The lowest BCUT2D eigenvalue weighted by atomic mass is 10.0. The Hall–Kier alpha value is -5.53. The first kappa shape index (κ1) is 35.9. The Morgan fingerprint density at radius 3 is 2.15 bits per heavy atom. The molecule has 0 saturated carbocycles. The molecule has 47 heavy (non-hydrogen) atoms. The van der Waals surface area contributed by atoms with Gasteiger partial charge in [-0.25, -0.2) is 14.8 Å². The van der Waals surface area contributed by atoms with Crippen molar-refractivity contribution < 1.29 is 38.9 Å². The molecule has 0 spiro atoms. The number of amides is 3. The van der Waals surface area contributed by atoms with Crippen molar-refractivity contribution in [2.24, 2.45) is 0 Å². The maximum absolute atomic E-state index is 13.6. The number of benzene rings is 2. The smallest absolute Gasteiger partial charge is 0.409 e. The summed E-state index contributed by atoms with van der Waals surface area (Å²) in [7, 11) is 0. The second-order valence-corrected chi connectivity index (χ2v) is 10.6. The van der Waals surface area contributed by atoms with Crippen molar-refractivity contribution in [2.75, 3.05) is 44.6 Å². The van der Waals surface area contributed by atoms with Gasteiger partial charge in [-0.15, -0.1) is 0 Å². The minimum Gasteiger partial charge on any atom is -0.483 e. The third-order valence-corrected chi connectivity index (χ3v) is 7.32. The summed E-state index contributed by atoms with van der Waals surface area (Å²) in [5, 5.41) is 22.2. The summed E-state index contributed by atoms with van der Waals surface area (Å²) in [6, 6.07) is 19.7. The molecule has 2 aromatic carbocycles. The van der Waals surface area contributed by atoms with Crippen LogP contribution in [0.5, 0.6) is 0 Å². The Kier molecular flexibility index (Phi) is 14.1. The van der Waals surface area contributed by atoms with Gasteiger partial charge < -0.3 is 35.4 Å². The van der Waals surface area contributed by atoms with Gasteiger partial charge in [-0.2, -0.15) is 0 Å². The molecule has 1 aliphatic heterocycles. The fourth-order valence-corrected chi connectivity index (χ4v) is 4.83. The topological polar surface area (TPSA) is 191 Å². The van der Waals surface area contributed by atoms with E-state index >= 15 is 0 Å². The van der Waals surface area contributed by atoms with Crippen molar-refractivity contribution in [1.82, 2.24) is 25.1 Å². The van der Waals surface area contributed by atoms with Gasteiger partial charge in [0.25, 0.3) is 12.4 Å². The molecule has 1 fully saturated rings. The van der Waals surface area contributed by atoms with E-state index in [1.54, 1.807) is 6.92 Å². The Balaban J connectivity index is 0.00000192. The number of rotatable bonds is 12. The first-order chi connectivity index (χ1) is 22.7. The molecule has 14 heteroatoms. The highest BCUT2D eigenvalue weighted by Crippen LogP contribution is 2.20. The number of nitrogens with one attached hydrogen (secondary N) is 2. The largest absolute Gasteiger partial charge is 0.483 e. The van der Waals surface area contributed by atoms with Crippen LogP contribution in [0.1, 0.15) is 48.7 Å². The van der Waals surface area contributed by atoms with Crippen LogP contribution in [0, 0.1) is 0 Å². The minimum absolute atomic E-state index is 0.0361.